The summed E-state index contributed by atoms with van der Waals surface area (Å²) in [7, 11) is 1.92. The molecule has 0 radical (unpaired) electrons. The summed E-state index contributed by atoms with van der Waals surface area (Å²) in [6.45, 7) is 2.79. The van der Waals surface area contributed by atoms with Gasteiger partial charge in [0, 0.05) is 12.1 Å². The Balaban J connectivity index is 2.12. The number of aromatic amines is 1. The van der Waals surface area contributed by atoms with Crippen molar-refractivity contribution in [2.24, 2.45) is 0 Å². The SMILES string of the molecule is CNCc1ccc(-c2nc3c(C)cccc3c(=O)[nH]2)cc1. The van der Waals surface area contributed by atoms with E-state index in [0.29, 0.717) is 11.2 Å². The highest BCUT2D eigenvalue weighted by atomic mass is 16.1. The summed E-state index contributed by atoms with van der Waals surface area (Å²) >= 11 is 0. The third-order valence-electron chi connectivity index (χ3n) is 3.55. The monoisotopic (exact) mass is 279 g/mol. The van der Waals surface area contributed by atoms with Gasteiger partial charge in [-0.2, -0.15) is 0 Å². The molecule has 0 saturated heterocycles. The van der Waals surface area contributed by atoms with Crippen LogP contribution < -0.4 is 10.9 Å². The predicted molar refractivity (Wildman–Crippen MR) is 85.3 cm³/mol. The summed E-state index contributed by atoms with van der Waals surface area (Å²) in [5, 5.41) is 3.74. The van der Waals surface area contributed by atoms with Crippen molar-refractivity contribution in [1.29, 1.82) is 0 Å². The van der Waals surface area contributed by atoms with Crippen molar-refractivity contribution in [2.45, 2.75) is 13.5 Å². The molecule has 0 aliphatic rings. The van der Waals surface area contributed by atoms with Crippen molar-refractivity contribution in [3.05, 3.63) is 63.9 Å². The minimum Gasteiger partial charge on any atom is -0.316 e. The molecule has 0 amide bonds. The molecule has 21 heavy (non-hydrogen) atoms. The number of nitrogens with zero attached hydrogens (tertiary/aromatic N) is 1. The van der Waals surface area contributed by atoms with Gasteiger partial charge in [0.2, 0.25) is 0 Å². The van der Waals surface area contributed by atoms with Crippen molar-refractivity contribution in [1.82, 2.24) is 15.3 Å². The van der Waals surface area contributed by atoms with Gasteiger partial charge >= 0.3 is 0 Å². The van der Waals surface area contributed by atoms with Crippen LogP contribution in [0.1, 0.15) is 11.1 Å². The van der Waals surface area contributed by atoms with Gasteiger partial charge in [-0.1, -0.05) is 36.4 Å². The highest BCUT2D eigenvalue weighted by Gasteiger charge is 2.07. The lowest BCUT2D eigenvalue weighted by Gasteiger charge is -2.06. The van der Waals surface area contributed by atoms with Crippen LogP contribution in [0.25, 0.3) is 22.3 Å². The average molecular weight is 279 g/mol. The van der Waals surface area contributed by atoms with Gasteiger partial charge in [0.05, 0.1) is 10.9 Å². The first-order valence-corrected chi connectivity index (χ1v) is 6.92. The summed E-state index contributed by atoms with van der Waals surface area (Å²) in [4.78, 5) is 19.7. The van der Waals surface area contributed by atoms with Crippen LogP contribution in [-0.4, -0.2) is 17.0 Å². The van der Waals surface area contributed by atoms with Gasteiger partial charge in [-0.15, -0.1) is 0 Å². The largest absolute Gasteiger partial charge is 0.316 e. The van der Waals surface area contributed by atoms with E-state index in [9.17, 15) is 4.79 Å². The number of fused-ring (bicyclic) bond motifs is 1. The maximum absolute atomic E-state index is 12.2. The maximum Gasteiger partial charge on any atom is 0.259 e. The summed E-state index contributed by atoms with van der Waals surface area (Å²) in [5.41, 5.74) is 3.78. The molecular formula is C17H17N3O. The normalized spacial score (nSPS) is 11.0. The minimum absolute atomic E-state index is 0.0991. The third-order valence-corrected chi connectivity index (χ3v) is 3.55. The van der Waals surface area contributed by atoms with Gasteiger partial charge in [-0.05, 0) is 31.2 Å². The fraction of sp³-hybridized carbons (Fsp3) is 0.176. The smallest absolute Gasteiger partial charge is 0.259 e. The molecule has 4 nitrogen and oxygen atoms in total. The molecule has 2 aromatic carbocycles. The Bertz CT molecular complexity index is 835. The number of benzene rings is 2. The molecule has 106 valence electrons. The van der Waals surface area contributed by atoms with E-state index in [2.05, 4.69) is 15.3 Å². The predicted octanol–water partition coefficient (Wildman–Crippen LogP) is 2.62. The van der Waals surface area contributed by atoms with Gasteiger partial charge in [0.25, 0.3) is 5.56 Å². The molecule has 1 heterocycles. The van der Waals surface area contributed by atoms with Crippen molar-refractivity contribution < 1.29 is 0 Å². The summed E-state index contributed by atoms with van der Waals surface area (Å²) in [6, 6.07) is 13.7. The zero-order chi connectivity index (χ0) is 14.8. The number of hydrogen-bond donors (Lipinski definition) is 2. The van der Waals surface area contributed by atoms with Crippen molar-refractivity contribution in [3.8, 4) is 11.4 Å². The molecule has 1 aromatic heterocycles. The molecule has 0 unspecified atom stereocenters. The van der Waals surface area contributed by atoms with E-state index < -0.39 is 0 Å². The second kappa shape index (κ2) is 5.50. The van der Waals surface area contributed by atoms with E-state index in [0.717, 1.165) is 23.2 Å². The van der Waals surface area contributed by atoms with E-state index in [1.54, 1.807) is 6.07 Å². The lowest BCUT2D eigenvalue weighted by Crippen LogP contribution is -2.10. The highest BCUT2D eigenvalue weighted by Crippen LogP contribution is 2.18. The molecule has 0 saturated carbocycles. The molecule has 4 heteroatoms. The third kappa shape index (κ3) is 2.58. The Morgan fingerprint density at radius 2 is 1.90 bits per heavy atom. The number of aryl methyl sites for hydroxylation is 1. The summed E-state index contributed by atoms with van der Waals surface area (Å²) in [6.07, 6.45) is 0. The molecule has 0 aliphatic carbocycles. The summed E-state index contributed by atoms with van der Waals surface area (Å²) in [5.74, 6) is 0.609. The van der Waals surface area contributed by atoms with Crippen molar-refractivity contribution in [3.63, 3.8) is 0 Å². The number of rotatable bonds is 3. The highest BCUT2D eigenvalue weighted by molar-refractivity contribution is 5.82. The number of H-pyrrole nitrogens is 1. The molecule has 0 atom stereocenters. The number of nitrogens with one attached hydrogen (secondary N) is 2. The first-order valence-electron chi connectivity index (χ1n) is 6.92. The minimum atomic E-state index is -0.0991. The lowest BCUT2D eigenvalue weighted by molar-refractivity contribution is 0.818. The molecule has 0 spiro atoms. The fourth-order valence-corrected chi connectivity index (χ4v) is 2.43. The Labute approximate surface area is 122 Å². The van der Waals surface area contributed by atoms with Crippen LogP contribution in [0, 0.1) is 6.92 Å². The number of hydrogen-bond acceptors (Lipinski definition) is 3. The average Bonchev–Trinajstić information content (AvgIpc) is 2.49. The van der Waals surface area contributed by atoms with Gasteiger partial charge < -0.3 is 10.3 Å². The van der Waals surface area contributed by atoms with Crippen LogP contribution in [0.3, 0.4) is 0 Å². The van der Waals surface area contributed by atoms with Crippen LogP contribution in [0.4, 0.5) is 0 Å². The molecular weight excluding hydrogens is 262 g/mol. The Kier molecular flexibility index (Phi) is 3.54. The second-order valence-electron chi connectivity index (χ2n) is 5.11. The van der Waals surface area contributed by atoms with Crippen LogP contribution in [0.5, 0.6) is 0 Å². The van der Waals surface area contributed by atoms with E-state index >= 15 is 0 Å². The zero-order valence-corrected chi connectivity index (χ0v) is 12.1. The van der Waals surface area contributed by atoms with Crippen LogP contribution in [0.15, 0.2) is 47.3 Å². The molecule has 0 bridgehead atoms. The lowest BCUT2D eigenvalue weighted by atomic mass is 10.1. The first kappa shape index (κ1) is 13.5. The van der Waals surface area contributed by atoms with Gasteiger partial charge in [-0.3, -0.25) is 4.79 Å². The van der Waals surface area contributed by atoms with Crippen molar-refractivity contribution >= 4 is 10.9 Å². The number of aromatic nitrogens is 2. The van der Waals surface area contributed by atoms with Crippen LogP contribution in [0.2, 0.25) is 0 Å². The van der Waals surface area contributed by atoms with Crippen LogP contribution in [-0.2, 0) is 6.54 Å². The standard InChI is InChI=1S/C17H17N3O/c1-11-4-3-5-14-15(11)19-16(20-17(14)21)13-8-6-12(7-9-13)10-18-2/h3-9,18H,10H2,1-2H3,(H,19,20,21). The van der Waals surface area contributed by atoms with E-state index in [1.165, 1.54) is 5.56 Å². The fourth-order valence-electron chi connectivity index (χ4n) is 2.43. The zero-order valence-electron chi connectivity index (χ0n) is 12.1. The van der Waals surface area contributed by atoms with E-state index in [-0.39, 0.29) is 5.56 Å². The number of para-hydroxylation sites is 1. The Morgan fingerprint density at radius 3 is 2.62 bits per heavy atom. The molecule has 3 aromatic rings. The van der Waals surface area contributed by atoms with E-state index in [1.807, 2.05) is 50.4 Å². The van der Waals surface area contributed by atoms with Gasteiger partial charge in [0.15, 0.2) is 0 Å². The molecule has 0 aliphatic heterocycles. The van der Waals surface area contributed by atoms with Gasteiger partial charge in [-0.25, -0.2) is 4.98 Å². The Hall–Kier alpha value is -2.46. The molecule has 3 rings (SSSR count). The topological polar surface area (TPSA) is 57.8 Å². The summed E-state index contributed by atoms with van der Waals surface area (Å²) < 4.78 is 0. The van der Waals surface area contributed by atoms with Crippen LogP contribution >= 0.6 is 0 Å². The molecule has 2 N–H and O–H groups in total. The van der Waals surface area contributed by atoms with E-state index in [4.69, 9.17) is 0 Å². The van der Waals surface area contributed by atoms with Crippen molar-refractivity contribution in [2.75, 3.05) is 7.05 Å². The maximum atomic E-state index is 12.2. The second-order valence-corrected chi connectivity index (χ2v) is 5.11. The molecule has 0 fully saturated rings. The van der Waals surface area contributed by atoms with Gasteiger partial charge in [0.1, 0.15) is 5.82 Å². The first-order chi connectivity index (χ1) is 10.2. The quantitative estimate of drug-likeness (QED) is 0.775. The Morgan fingerprint density at radius 1 is 1.14 bits per heavy atom.